The predicted molar refractivity (Wildman–Crippen MR) is 56.0 cm³/mol. The van der Waals surface area contributed by atoms with Gasteiger partial charge < -0.3 is 14.4 Å². The van der Waals surface area contributed by atoms with E-state index in [2.05, 4.69) is 4.90 Å². The maximum atomic E-state index is 9.96. The third kappa shape index (κ3) is 14.4. The van der Waals surface area contributed by atoms with Gasteiger partial charge >= 0.3 is 0 Å². The van der Waals surface area contributed by atoms with Gasteiger partial charge in [0.25, 0.3) is 0 Å². The number of likely N-dealkylation sites (N-methyl/N-ethyl adjacent to an activating group) is 1. The van der Waals surface area contributed by atoms with Gasteiger partial charge in [-0.2, -0.15) is 0 Å². The van der Waals surface area contributed by atoms with Gasteiger partial charge in [0.2, 0.25) is 0 Å². The Morgan fingerprint density at radius 3 is 2.38 bits per heavy atom. The van der Waals surface area contributed by atoms with E-state index in [1.165, 1.54) is 0 Å². The number of carbonyl (C=O) groups is 1. The first-order valence-corrected chi connectivity index (χ1v) is 4.92. The number of methoxy groups -OCH3 is 1. The number of aldehydes is 1. The molecule has 0 heterocycles. The molecule has 0 saturated carbocycles. The van der Waals surface area contributed by atoms with Crippen molar-refractivity contribution in [3.8, 4) is 0 Å². The molecule has 0 bridgehead atoms. The number of hydrogen-bond donors (Lipinski definition) is 0. The summed E-state index contributed by atoms with van der Waals surface area (Å²) in [7, 11) is 3.73. The van der Waals surface area contributed by atoms with Crippen LogP contribution in [0.25, 0.3) is 0 Å². The van der Waals surface area contributed by atoms with Gasteiger partial charge in [0.15, 0.2) is 0 Å². The Bertz CT molecular complexity index is 96.9. The van der Waals surface area contributed by atoms with Crippen molar-refractivity contribution in [2.75, 3.05) is 33.9 Å². The summed E-state index contributed by atoms with van der Waals surface area (Å²) in [6, 6.07) is 0. The largest absolute Gasteiger partial charge is 0.383 e. The highest BCUT2D eigenvalue weighted by Gasteiger charge is 1.95. The summed E-state index contributed by atoms with van der Waals surface area (Å²) in [6.07, 6.45) is 2.57. The molecule has 0 unspecified atom stereocenters. The monoisotopic (exact) mass is 189 g/mol. The van der Waals surface area contributed by atoms with E-state index in [1.54, 1.807) is 7.11 Å². The second-order valence-electron chi connectivity index (χ2n) is 2.60. The van der Waals surface area contributed by atoms with Crippen molar-refractivity contribution in [2.45, 2.75) is 26.7 Å². The highest BCUT2D eigenvalue weighted by molar-refractivity contribution is 5.48. The summed E-state index contributed by atoms with van der Waals surface area (Å²) in [5.41, 5.74) is 0. The molecule has 0 N–H and O–H groups in total. The lowest BCUT2D eigenvalue weighted by Crippen LogP contribution is -2.23. The van der Waals surface area contributed by atoms with Crippen LogP contribution in [0.4, 0.5) is 0 Å². The van der Waals surface area contributed by atoms with Gasteiger partial charge in [-0.15, -0.1) is 0 Å². The lowest BCUT2D eigenvalue weighted by molar-refractivity contribution is -0.108. The fourth-order valence-corrected chi connectivity index (χ4v) is 0.803. The molecule has 0 aliphatic heterocycles. The summed E-state index contributed by atoms with van der Waals surface area (Å²) in [5.74, 6) is 0. The molecule has 0 spiro atoms. The van der Waals surface area contributed by atoms with Crippen molar-refractivity contribution < 1.29 is 9.53 Å². The summed E-state index contributed by atoms with van der Waals surface area (Å²) in [5, 5.41) is 0. The minimum atomic E-state index is 0.664. The van der Waals surface area contributed by atoms with Gasteiger partial charge in [0.1, 0.15) is 6.29 Å². The smallest absolute Gasteiger partial charge is 0.120 e. The first kappa shape index (κ1) is 15.1. The molecule has 3 heteroatoms. The minimum absolute atomic E-state index is 0.664. The van der Waals surface area contributed by atoms with Crippen LogP contribution < -0.4 is 0 Å². The maximum absolute atomic E-state index is 9.96. The summed E-state index contributed by atoms with van der Waals surface area (Å²) < 4.78 is 4.91. The zero-order chi connectivity index (χ0) is 10.5. The first-order chi connectivity index (χ1) is 6.31. The van der Waals surface area contributed by atoms with Gasteiger partial charge in [-0.3, -0.25) is 0 Å². The molecular formula is C10H23NO2. The van der Waals surface area contributed by atoms with Crippen LogP contribution in [-0.4, -0.2) is 45.0 Å². The van der Waals surface area contributed by atoms with E-state index in [9.17, 15) is 4.79 Å². The summed E-state index contributed by atoms with van der Waals surface area (Å²) in [6.45, 7) is 6.68. The van der Waals surface area contributed by atoms with Gasteiger partial charge in [-0.1, -0.05) is 13.8 Å². The number of unbranched alkanes of at least 4 members (excludes halogenated alkanes) is 1. The average molecular weight is 189 g/mol. The Labute approximate surface area is 82.1 Å². The number of rotatable bonds is 7. The Kier molecular flexibility index (Phi) is 16.4. The van der Waals surface area contributed by atoms with Crippen molar-refractivity contribution in [1.29, 1.82) is 0 Å². The second-order valence-corrected chi connectivity index (χ2v) is 2.60. The molecule has 0 radical (unpaired) electrons. The van der Waals surface area contributed by atoms with E-state index in [0.29, 0.717) is 6.42 Å². The second kappa shape index (κ2) is 14.1. The van der Waals surface area contributed by atoms with Crippen LogP contribution in [0, 0.1) is 0 Å². The van der Waals surface area contributed by atoms with E-state index in [0.717, 1.165) is 32.4 Å². The van der Waals surface area contributed by atoms with Gasteiger partial charge in [-0.25, -0.2) is 0 Å². The zero-order valence-electron chi connectivity index (χ0n) is 9.38. The van der Waals surface area contributed by atoms with Crippen LogP contribution in [0.5, 0.6) is 0 Å². The Morgan fingerprint density at radius 1 is 1.31 bits per heavy atom. The molecule has 80 valence electrons. The molecule has 0 saturated heterocycles. The minimum Gasteiger partial charge on any atom is -0.383 e. The number of carbonyl (C=O) groups excluding carboxylic acids is 1. The molecule has 0 aliphatic carbocycles. The highest BCUT2D eigenvalue weighted by Crippen LogP contribution is 1.89. The highest BCUT2D eigenvalue weighted by atomic mass is 16.5. The molecule has 0 aliphatic rings. The van der Waals surface area contributed by atoms with E-state index in [4.69, 9.17) is 4.74 Å². The molecule has 13 heavy (non-hydrogen) atoms. The van der Waals surface area contributed by atoms with E-state index in [-0.39, 0.29) is 0 Å². The first-order valence-electron chi connectivity index (χ1n) is 4.92. The standard InChI is InChI=1S/C8H17NO2.C2H6/c1-9(6-8-11-2)5-3-4-7-10;1-2/h7H,3-6,8H2,1-2H3;1-2H3. The van der Waals surface area contributed by atoms with Gasteiger partial charge in [0.05, 0.1) is 6.61 Å². The molecule has 0 aromatic heterocycles. The Morgan fingerprint density at radius 2 is 1.92 bits per heavy atom. The normalized spacial score (nSPS) is 9.31. The van der Waals surface area contributed by atoms with Gasteiger partial charge in [0, 0.05) is 20.1 Å². The maximum Gasteiger partial charge on any atom is 0.120 e. The van der Waals surface area contributed by atoms with Crippen LogP contribution in [-0.2, 0) is 9.53 Å². The third-order valence-electron chi connectivity index (χ3n) is 1.54. The van der Waals surface area contributed by atoms with E-state index < -0.39 is 0 Å². The van der Waals surface area contributed by atoms with Crippen LogP contribution >= 0.6 is 0 Å². The van der Waals surface area contributed by atoms with Crippen LogP contribution in [0.1, 0.15) is 26.7 Å². The molecule has 0 rings (SSSR count). The number of hydrogen-bond acceptors (Lipinski definition) is 3. The lowest BCUT2D eigenvalue weighted by atomic mass is 10.3. The average Bonchev–Trinajstić information content (AvgIpc) is 2.18. The van der Waals surface area contributed by atoms with Crippen molar-refractivity contribution in [2.24, 2.45) is 0 Å². The molecule has 0 amide bonds. The van der Waals surface area contributed by atoms with Crippen molar-refractivity contribution in [3.63, 3.8) is 0 Å². The molecule has 0 atom stereocenters. The third-order valence-corrected chi connectivity index (χ3v) is 1.54. The topological polar surface area (TPSA) is 29.5 Å². The zero-order valence-corrected chi connectivity index (χ0v) is 9.38. The Balaban J connectivity index is 0. The fraction of sp³-hybridized carbons (Fsp3) is 0.900. The molecule has 3 nitrogen and oxygen atoms in total. The lowest BCUT2D eigenvalue weighted by Gasteiger charge is -2.14. The predicted octanol–water partition coefficient (Wildman–Crippen LogP) is 1.57. The van der Waals surface area contributed by atoms with Gasteiger partial charge in [-0.05, 0) is 20.0 Å². The summed E-state index contributed by atoms with van der Waals surface area (Å²) in [4.78, 5) is 12.1. The number of ether oxygens (including phenoxy) is 1. The molecular weight excluding hydrogens is 166 g/mol. The Hall–Kier alpha value is -0.410. The van der Waals surface area contributed by atoms with Crippen LogP contribution in [0.15, 0.2) is 0 Å². The van der Waals surface area contributed by atoms with Crippen molar-refractivity contribution in [1.82, 2.24) is 4.90 Å². The van der Waals surface area contributed by atoms with E-state index >= 15 is 0 Å². The SMILES string of the molecule is CC.COCCN(C)CCCC=O. The molecule has 0 fully saturated rings. The van der Waals surface area contributed by atoms with Crippen LogP contribution in [0.2, 0.25) is 0 Å². The van der Waals surface area contributed by atoms with E-state index in [1.807, 2.05) is 20.9 Å². The quantitative estimate of drug-likeness (QED) is 0.450. The molecule has 0 aromatic rings. The van der Waals surface area contributed by atoms with Crippen molar-refractivity contribution in [3.05, 3.63) is 0 Å². The molecule has 0 aromatic carbocycles. The number of nitrogens with zero attached hydrogens (tertiary/aromatic N) is 1. The van der Waals surface area contributed by atoms with Crippen LogP contribution in [0.3, 0.4) is 0 Å². The van der Waals surface area contributed by atoms with Crippen molar-refractivity contribution >= 4 is 6.29 Å². The summed E-state index contributed by atoms with van der Waals surface area (Å²) >= 11 is 0. The fourth-order valence-electron chi connectivity index (χ4n) is 0.803.